The molecular weight excluding hydrogens is 136 g/mol. The van der Waals surface area contributed by atoms with Crippen LogP contribution in [0.25, 0.3) is 0 Å². The molecule has 1 rings (SSSR count). The summed E-state index contributed by atoms with van der Waals surface area (Å²) in [5.41, 5.74) is -0.373. The molecule has 5 nitrogen and oxygen atoms in total. The molecule has 1 heterocycles. The van der Waals surface area contributed by atoms with Crippen LogP contribution in [0, 0.1) is 0 Å². The van der Waals surface area contributed by atoms with Gasteiger partial charge in [0, 0.05) is 7.05 Å². The molecule has 0 aromatic heterocycles. The van der Waals surface area contributed by atoms with Gasteiger partial charge < -0.3 is 5.11 Å². The van der Waals surface area contributed by atoms with E-state index in [-0.39, 0.29) is 12.3 Å². The first-order valence-corrected chi connectivity index (χ1v) is 2.67. The van der Waals surface area contributed by atoms with E-state index in [0.717, 1.165) is 0 Å². The molecule has 5 heteroatoms. The van der Waals surface area contributed by atoms with Gasteiger partial charge >= 0.3 is 5.97 Å². The Labute approximate surface area is 56.9 Å². The molecule has 0 saturated heterocycles. The van der Waals surface area contributed by atoms with Crippen LogP contribution >= 0.6 is 0 Å². The van der Waals surface area contributed by atoms with Crippen LogP contribution in [0.3, 0.4) is 0 Å². The lowest BCUT2D eigenvalue weighted by Gasteiger charge is -1.98. The predicted molar refractivity (Wildman–Crippen MR) is 32.7 cm³/mol. The van der Waals surface area contributed by atoms with Crippen molar-refractivity contribution in [2.45, 2.75) is 0 Å². The van der Waals surface area contributed by atoms with Crippen LogP contribution in [-0.2, 0) is 9.59 Å². The van der Waals surface area contributed by atoms with Crippen molar-refractivity contribution in [2.75, 3.05) is 13.6 Å². The number of carbonyl (C=O) groups is 2. The zero-order valence-electron chi connectivity index (χ0n) is 5.37. The minimum absolute atomic E-state index is 0.0711. The SMILES string of the molecule is CN1CC(=O)C(C(=O)O)=N1. The average molecular weight is 142 g/mol. The average Bonchev–Trinajstić information content (AvgIpc) is 2.10. The van der Waals surface area contributed by atoms with Crippen LogP contribution in [-0.4, -0.2) is 41.2 Å². The van der Waals surface area contributed by atoms with Crippen molar-refractivity contribution < 1.29 is 14.7 Å². The smallest absolute Gasteiger partial charge is 0.360 e. The normalized spacial score (nSPS) is 17.5. The van der Waals surface area contributed by atoms with Crippen LogP contribution in [0.15, 0.2) is 5.10 Å². The fourth-order valence-electron chi connectivity index (χ4n) is 0.707. The van der Waals surface area contributed by atoms with Gasteiger partial charge in [0.25, 0.3) is 0 Å². The summed E-state index contributed by atoms with van der Waals surface area (Å²) in [5, 5.41) is 13.1. The molecule has 0 aromatic rings. The number of hydrogen-bond acceptors (Lipinski definition) is 4. The van der Waals surface area contributed by atoms with E-state index in [2.05, 4.69) is 5.10 Å². The largest absolute Gasteiger partial charge is 0.476 e. The van der Waals surface area contributed by atoms with Crippen LogP contribution in [0.1, 0.15) is 0 Å². The van der Waals surface area contributed by atoms with Gasteiger partial charge in [0.1, 0.15) is 6.54 Å². The molecule has 1 N–H and O–H groups in total. The summed E-state index contributed by atoms with van der Waals surface area (Å²) in [6, 6.07) is 0. The van der Waals surface area contributed by atoms with Gasteiger partial charge in [0.2, 0.25) is 11.5 Å². The molecule has 0 atom stereocenters. The van der Waals surface area contributed by atoms with Gasteiger partial charge in [0.05, 0.1) is 0 Å². The summed E-state index contributed by atoms with van der Waals surface area (Å²) in [6.07, 6.45) is 0. The zero-order valence-corrected chi connectivity index (χ0v) is 5.37. The molecule has 0 aliphatic carbocycles. The molecule has 0 aromatic carbocycles. The summed E-state index contributed by atoms with van der Waals surface area (Å²) in [6.45, 7) is 0.0711. The Balaban J connectivity index is 2.85. The van der Waals surface area contributed by atoms with Crippen LogP contribution in [0.4, 0.5) is 0 Å². The lowest BCUT2D eigenvalue weighted by molar-refractivity contribution is -0.130. The number of hydrazone groups is 1. The van der Waals surface area contributed by atoms with Gasteiger partial charge in [-0.3, -0.25) is 9.80 Å². The van der Waals surface area contributed by atoms with Gasteiger partial charge in [-0.05, 0) is 0 Å². The Morgan fingerprint density at radius 2 is 2.40 bits per heavy atom. The quantitative estimate of drug-likeness (QED) is 0.506. The van der Waals surface area contributed by atoms with Gasteiger partial charge in [-0.2, -0.15) is 5.10 Å². The molecule has 0 fully saturated rings. The van der Waals surface area contributed by atoms with Crippen LogP contribution < -0.4 is 0 Å². The molecule has 0 amide bonds. The van der Waals surface area contributed by atoms with E-state index in [0.29, 0.717) is 0 Å². The first-order chi connectivity index (χ1) is 4.61. The van der Waals surface area contributed by atoms with E-state index in [9.17, 15) is 9.59 Å². The third-order valence-corrected chi connectivity index (χ3v) is 1.11. The second-order valence-electron chi connectivity index (χ2n) is 1.99. The maximum absolute atomic E-state index is 10.7. The summed E-state index contributed by atoms with van der Waals surface area (Å²) in [7, 11) is 1.55. The fourth-order valence-corrected chi connectivity index (χ4v) is 0.707. The highest BCUT2D eigenvalue weighted by Crippen LogP contribution is 1.98. The monoisotopic (exact) mass is 142 g/mol. The molecule has 0 unspecified atom stereocenters. The molecule has 0 bridgehead atoms. The molecule has 0 radical (unpaired) electrons. The third-order valence-electron chi connectivity index (χ3n) is 1.11. The lowest BCUT2D eigenvalue weighted by Crippen LogP contribution is -2.22. The standard InChI is InChI=1S/C5H6N2O3/c1-7-2-3(8)4(6-7)5(9)10/h2H2,1H3,(H,9,10). The maximum Gasteiger partial charge on any atom is 0.360 e. The van der Waals surface area contributed by atoms with E-state index in [1.807, 2.05) is 0 Å². The highest BCUT2D eigenvalue weighted by atomic mass is 16.4. The Bertz CT molecular complexity index is 221. The van der Waals surface area contributed by atoms with Crippen LogP contribution in [0.5, 0.6) is 0 Å². The van der Waals surface area contributed by atoms with Crippen molar-refractivity contribution in [3.05, 3.63) is 0 Å². The van der Waals surface area contributed by atoms with Crippen LogP contribution in [0.2, 0.25) is 0 Å². The van der Waals surface area contributed by atoms with Gasteiger partial charge in [0.15, 0.2) is 0 Å². The van der Waals surface area contributed by atoms with Crippen molar-refractivity contribution in [1.29, 1.82) is 0 Å². The van der Waals surface area contributed by atoms with Gasteiger partial charge in [-0.25, -0.2) is 4.79 Å². The van der Waals surface area contributed by atoms with Crippen molar-refractivity contribution in [2.24, 2.45) is 5.10 Å². The molecule has 54 valence electrons. The van der Waals surface area contributed by atoms with E-state index in [1.165, 1.54) is 5.01 Å². The Morgan fingerprint density at radius 3 is 2.60 bits per heavy atom. The van der Waals surface area contributed by atoms with E-state index in [1.54, 1.807) is 7.05 Å². The summed E-state index contributed by atoms with van der Waals surface area (Å²) >= 11 is 0. The maximum atomic E-state index is 10.7. The second kappa shape index (κ2) is 2.09. The number of aliphatic carboxylic acids is 1. The van der Waals surface area contributed by atoms with E-state index in [4.69, 9.17) is 5.11 Å². The van der Waals surface area contributed by atoms with E-state index >= 15 is 0 Å². The van der Waals surface area contributed by atoms with Crippen molar-refractivity contribution in [3.63, 3.8) is 0 Å². The molecule has 10 heavy (non-hydrogen) atoms. The molecule has 1 aliphatic rings. The number of ketones is 1. The number of Topliss-reactive ketones (excluding diaryl/α,β-unsaturated/α-hetero) is 1. The van der Waals surface area contributed by atoms with Crippen molar-refractivity contribution in [1.82, 2.24) is 5.01 Å². The molecule has 0 spiro atoms. The number of rotatable bonds is 1. The zero-order chi connectivity index (χ0) is 7.72. The second-order valence-corrected chi connectivity index (χ2v) is 1.99. The summed E-state index contributed by atoms with van der Waals surface area (Å²) in [5.74, 6) is -1.69. The summed E-state index contributed by atoms with van der Waals surface area (Å²) in [4.78, 5) is 20.9. The number of carboxylic acids is 1. The molecular formula is C5H6N2O3. The fraction of sp³-hybridized carbons (Fsp3) is 0.400. The number of likely N-dealkylation sites (N-methyl/N-ethyl adjacent to an activating group) is 1. The van der Waals surface area contributed by atoms with Crippen molar-refractivity contribution >= 4 is 17.5 Å². The highest BCUT2D eigenvalue weighted by Gasteiger charge is 2.26. The topological polar surface area (TPSA) is 70.0 Å². The minimum Gasteiger partial charge on any atom is -0.476 e. The van der Waals surface area contributed by atoms with E-state index < -0.39 is 11.8 Å². The minimum atomic E-state index is -1.26. The number of carbonyl (C=O) groups excluding carboxylic acids is 1. The Kier molecular flexibility index (Phi) is 1.41. The van der Waals surface area contributed by atoms with Gasteiger partial charge in [-0.15, -0.1) is 0 Å². The van der Waals surface area contributed by atoms with Gasteiger partial charge in [-0.1, -0.05) is 0 Å². The molecule has 1 aliphatic heterocycles. The highest BCUT2D eigenvalue weighted by molar-refractivity contribution is 6.65. The number of carboxylic acid groups (broad SMARTS) is 1. The third kappa shape index (κ3) is 0.975. The first-order valence-electron chi connectivity index (χ1n) is 2.67. The van der Waals surface area contributed by atoms with Crippen molar-refractivity contribution in [3.8, 4) is 0 Å². The number of nitrogens with zero attached hydrogens (tertiary/aromatic N) is 2. The first kappa shape index (κ1) is 6.73. The molecule has 0 saturated carbocycles. The number of hydrogen-bond donors (Lipinski definition) is 1. The predicted octanol–water partition coefficient (Wildman–Crippen LogP) is -1.06. The lowest BCUT2D eigenvalue weighted by atomic mass is 10.3. The summed E-state index contributed by atoms with van der Waals surface area (Å²) < 4.78 is 0. The Morgan fingerprint density at radius 1 is 1.80 bits per heavy atom. The Hall–Kier alpha value is -1.39.